The van der Waals surface area contributed by atoms with Gasteiger partial charge in [0.2, 0.25) is 17.6 Å². The summed E-state index contributed by atoms with van der Waals surface area (Å²) >= 11 is 0. The molecule has 0 bridgehead atoms. The first kappa shape index (κ1) is 35.3. The van der Waals surface area contributed by atoms with E-state index in [0.29, 0.717) is 19.3 Å². The van der Waals surface area contributed by atoms with Crippen molar-refractivity contribution in [3.63, 3.8) is 0 Å². The second-order valence-electron chi connectivity index (χ2n) is 13.9. The minimum absolute atomic E-state index is 0.105. The van der Waals surface area contributed by atoms with Crippen LogP contribution in [0.4, 0.5) is 4.79 Å². The first-order valence-corrected chi connectivity index (χ1v) is 16.0. The van der Waals surface area contributed by atoms with E-state index in [-0.39, 0.29) is 43.4 Å². The average Bonchev–Trinajstić information content (AvgIpc) is 3.44. The van der Waals surface area contributed by atoms with Crippen molar-refractivity contribution < 1.29 is 33.4 Å². The normalized spacial score (nSPS) is 24.4. The molecule has 246 valence electrons. The highest BCUT2D eigenvalue weighted by atomic mass is 16.6. The standard InChI is InChI=1S/C33H52N4O7/c1-8-10-17-23(27(38)29(40)34-18-11-9-2)35-28(39)26-22-19-33(6,7)43-24(22)20-37(26)30(41)25(21-15-13-12-14-16-21)36-31(42)44-32(3,4)5/h8-9,21-26H,1-2,10-20H2,3-7H3,(H,34,40)(H,35,39)(H,36,42). The number of fused-ring (bicyclic) bond motifs is 1. The van der Waals surface area contributed by atoms with Crippen LogP contribution in [0.25, 0.3) is 0 Å². The maximum atomic E-state index is 14.4. The number of ketones is 1. The lowest BCUT2D eigenvalue weighted by molar-refractivity contribution is -0.144. The van der Waals surface area contributed by atoms with Crippen molar-refractivity contribution in [2.75, 3.05) is 13.1 Å². The van der Waals surface area contributed by atoms with Gasteiger partial charge in [-0.05, 0) is 79.1 Å². The van der Waals surface area contributed by atoms with Gasteiger partial charge in [-0.15, -0.1) is 13.2 Å². The van der Waals surface area contributed by atoms with Gasteiger partial charge < -0.3 is 30.3 Å². The highest BCUT2D eigenvalue weighted by Gasteiger charge is 2.56. The van der Waals surface area contributed by atoms with E-state index in [2.05, 4.69) is 29.1 Å². The smallest absolute Gasteiger partial charge is 0.408 e. The zero-order valence-corrected chi connectivity index (χ0v) is 27.1. The molecule has 0 spiro atoms. The fourth-order valence-electron chi connectivity index (χ4n) is 6.64. The molecule has 5 unspecified atom stereocenters. The van der Waals surface area contributed by atoms with Gasteiger partial charge in [0.15, 0.2) is 0 Å². The molecule has 11 nitrogen and oxygen atoms in total. The summed E-state index contributed by atoms with van der Waals surface area (Å²) in [6, 6.07) is -2.91. The molecule has 2 heterocycles. The molecule has 4 amide bonds. The lowest BCUT2D eigenvalue weighted by atomic mass is 9.83. The van der Waals surface area contributed by atoms with Crippen LogP contribution in [-0.4, -0.2) is 83.0 Å². The molecule has 3 fully saturated rings. The molecule has 3 N–H and O–H groups in total. The molecule has 3 rings (SSSR count). The van der Waals surface area contributed by atoms with E-state index >= 15 is 0 Å². The number of amides is 4. The Bertz CT molecular complexity index is 1090. The monoisotopic (exact) mass is 616 g/mol. The van der Waals surface area contributed by atoms with Gasteiger partial charge in [-0.2, -0.15) is 0 Å². The van der Waals surface area contributed by atoms with Gasteiger partial charge in [0.05, 0.1) is 17.7 Å². The van der Waals surface area contributed by atoms with E-state index in [1.54, 1.807) is 32.9 Å². The van der Waals surface area contributed by atoms with Crippen molar-refractivity contribution in [2.24, 2.45) is 11.8 Å². The van der Waals surface area contributed by atoms with Gasteiger partial charge in [-0.3, -0.25) is 19.2 Å². The summed E-state index contributed by atoms with van der Waals surface area (Å²) in [6.07, 6.45) is 8.28. The molecule has 0 radical (unpaired) electrons. The number of alkyl carbamates (subject to hydrolysis) is 1. The second-order valence-corrected chi connectivity index (χ2v) is 13.9. The van der Waals surface area contributed by atoms with E-state index in [1.807, 2.05) is 13.8 Å². The summed E-state index contributed by atoms with van der Waals surface area (Å²) in [4.78, 5) is 68.6. The van der Waals surface area contributed by atoms with Crippen LogP contribution in [-0.2, 0) is 28.7 Å². The van der Waals surface area contributed by atoms with E-state index in [4.69, 9.17) is 9.47 Å². The van der Waals surface area contributed by atoms with Gasteiger partial charge >= 0.3 is 6.09 Å². The molecule has 2 saturated heterocycles. The number of likely N-dealkylation sites (tertiary alicyclic amines) is 1. The highest BCUT2D eigenvalue weighted by molar-refractivity contribution is 6.38. The Balaban J connectivity index is 1.89. The lowest BCUT2D eigenvalue weighted by Crippen LogP contribution is -2.59. The van der Waals surface area contributed by atoms with Gasteiger partial charge in [-0.1, -0.05) is 31.4 Å². The summed E-state index contributed by atoms with van der Waals surface area (Å²) in [5.74, 6) is -2.86. The zero-order valence-electron chi connectivity index (χ0n) is 27.1. The Morgan fingerprint density at radius 2 is 1.68 bits per heavy atom. The molecule has 0 aromatic carbocycles. The number of nitrogens with one attached hydrogen (secondary N) is 3. The molecule has 3 aliphatic rings. The molecule has 0 aromatic heterocycles. The number of allylic oxidation sites excluding steroid dienone is 1. The van der Waals surface area contributed by atoms with Gasteiger partial charge in [0, 0.05) is 19.0 Å². The quantitative estimate of drug-likeness (QED) is 0.163. The minimum atomic E-state index is -1.09. The van der Waals surface area contributed by atoms with Crippen LogP contribution in [0, 0.1) is 11.8 Å². The molecular weight excluding hydrogens is 564 g/mol. The number of hydrogen-bond donors (Lipinski definition) is 3. The summed E-state index contributed by atoms with van der Waals surface area (Å²) in [5.41, 5.74) is -1.24. The fourth-order valence-corrected chi connectivity index (χ4v) is 6.64. The maximum absolute atomic E-state index is 14.4. The van der Waals surface area contributed by atoms with E-state index < -0.39 is 53.0 Å². The molecule has 44 heavy (non-hydrogen) atoms. The molecular formula is C33H52N4O7. The number of carbonyl (C=O) groups is 5. The molecule has 0 aromatic rings. The van der Waals surface area contributed by atoms with Crippen LogP contribution >= 0.6 is 0 Å². The van der Waals surface area contributed by atoms with E-state index in [0.717, 1.165) is 32.1 Å². The number of rotatable bonds is 13. The Kier molecular flexibility index (Phi) is 12.2. The van der Waals surface area contributed by atoms with Crippen molar-refractivity contribution in [1.29, 1.82) is 0 Å². The number of hydrogen-bond acceptors (Lipinski definition) is 7. The summed E-state index contributed by atoms with van der Waals surface area (Å²) in [6.45, 7) is 16.9. The number of ether oxygens (including phenoxy) is 2. The third kappa shape index (κ3) is 9.39. The summed E-state index contributed by atoms with van der Waals surface area (Å²) in [7, 11) is 0. The lowest BCUT2D eigenvalue weighted by Gasteiger charge is -2.36. The van der Waals surface area contributed by atoms with Crippen LogP contribution in [0.2, 0.25) is 0 Å². The largest absolute Gasteiger partial charge is 0.444 e. The first-order chi connectivity index (χ1) is 20.7. The second kappa shape index (κ2) is 15.2. The zero-order chi connectivity index (χ0) is 32.7. The van der Waals surface area contributed by atoms with Crippen molar-refractivity contribution >= 4 is 29.6 Å². The molecule has 1 saturated carbocycles. The topological polar surface area (TPSA) is 143 Å². The maximum Gasteiger partial charge on any atom is 0.408 e. The SMILES string of the molecule is C=CCCNC(=O)C(=O)C(CCC=C)NC(=O)C1C2CC(C)(C)OC2CN1C(=O)C(NC(=O)OC(C)(C)C)C1CCCCC1. The summed E-state index contributed by atoms with van der Waals surface area (Å²) in [5, 5.41) is 8.21. The van der Waals surface area contributed by atoms with Gasteiger partial charge in [0.25, 0.3) is 5.91 Å². The van der Waals surface area contributed by atoms with Crippen LogP contribution < -0.4 is 16.0 Å². The van der Waals surface area contributed by atoms with Crippen molar-refractivity contribution in [2.45, 2.75) is 128 Å². The number of carbonyl (C=O) groups excluding carboxylic acids is 5. The Labute approximate surface area is 261 Å². The van der Waals surface area contributed by atoms with Crippen molar-refractivity contribution in [3.05, 3.63) is 25.3 Å². The number of Topliss-reactive ketones (excluding diaryl/α,β-unsaturated/α-hetero) is 1. The van der Waals surface area contributed by atoms with Crippen LogP contribution in [0.5, 0.6) is 0 Å². The Hall–Kier alpha value is -3.21. The highest BCUT2D eigenvalue weighted by Crippen LogP contribution is 2.43. The first-order valence-electron chi connectivity index (χ1n) is 16.0. The van der Waals surface area contributed by atoms with Gasteiger partial charge in [-0.25, -0.2) is 4.79 Å². The van der Waals surface area contributed by atoms with E-state index in [9.17, 15) is 24.0 Å². The molecule has 2 aliphatic heterocycles. The predicted molar refractivity (Wildman–Crippen MR) is 166 cm³/mol. The van der Waals surface area contributed by atoms with E-state index in [1.165, 1.54) is 4.90 Å². The van der Waals surface area contributed by atoms with Crippen LogP contribution in [0.15, 0.2) is 25.3 Å². The van der Waals surface area contributed by atoms with Gasteiger partial charge in [0.1, 0.15) is 17.7 Å². The minimum Gasteiger partial charge on any atom is -0.444 e. The third-order valence-corrected chi connectivity index (χ3v) is 8.55. The third-order valence-electron chi connectivity index (χ3n) is 8.55. The molecule has 11 heteroatoms. The fraction of sp³-hybridized carbons (Fsp3) is 0.727. The molecule has 5 atom stereocenters. The molecule has 1 aliphatic carbocycles. The average molecular weight is 617 g/mol. The van der Waals surface area contributed by atoms with Crippen molar-refractivity contribution in [1.82, 2.24) is 20.9 Å². The van der Waals surface area contributed by atoms with Crippen LogP contribution in [0.1, 0.15) is 92.4 Å². The Morgan fingerprint density at radius 3 is 2.30 bits per heavy atom. The predicted octanol–water partition coefficient (Wildman–Crippen LogP) is 3.57. The Morgan fingerprint density at radius 1 is 1.02 bits per heavy atom. The number of nitrogens with zero attached hydrogens (tertiary/aromatic N) is 1. The van der Waals surface area contributed by atoms with Crippen LogP contribution in [0.3, 0.4) is 0 Å². The summed E-state index contributed by atoms with van der Waals surface area (Å²) < 4.78 is 11.8. The van der Waals surface area contributed by atoms with Crippen molar-refractivity contribution in [3.8, 4) is 0 Å².